The molecule has 0 aromatic carbocycles. The van der Waals surface area contributed by atoms with Crippen molar-refractivity contribution in [3.8, 4) is 0 Å². The van der Waals surface area contributed by atoms with Gasteiger partial charge in [-0.15, -0.1) is 0 Å². The Morgan fingerprint density at radius 1 is 1.00 bits per heavy atom. The second-order valence-electron chi connectivity index (χ2n) is 3.03. The molecule has 0 heterocycles. The molecule has 0 aliphatic carbocycles. The summed E-state index contributed by atoms with van der Waals surface area (Å²) in [5.74, 6) is -1.78. The first-order valence-corrected chi connectivity index (χ1v) is 7.49. The zero-order valence-electron chi connectivity index (χ0n) is 8.29. The van der Waals surface area contributed by atoms with Gasteiger partial charge in [-0.25, -0.2) is 0 Å². The molecule has 1 amide bonds. The van der Waals surface area contributed by atoms with Crippen molar-refractivity contribution in [2.75, 3.05) is 18.1 Å². The van der Waals surface area contributed by atoms with Crippen molar-refractivity contribution in [3.63, 3.8) is 0 Å². The minimum absolute atomic E-state index is 0.00407. The lowest BCUT2D eigenvalue weighted by Gasteiger charge is -2.03. The molecule has 3 N–H and O–H groups in total. The van der Waals surface area contributed by atoms with Crippen LogP contribution in [0.3, 0.4) is 0 Å². The molecule has 0 radical (unpaired) electrons. The summed E-state index contributed by atoms with van der Waals surface area (Å²) in [5.41, 5.74) is 0. The molecule has 0 saturated carbocycles. The molecular formula is C6H13NO7S2. The zero-order chi connectivity index (χ0) is 12.8. The number of nitrogens with one attached hydrogen (secondary N) is 1. The minimum Gasteiger partial charge on any atom is -0.356 e. The van der Waals surface area contributed by atoms with Crippen LogP contribution in [-0.4, -0.2) is 49.9 Å². The third kappa shape index (κ3) is 11.4. The van der Waals surface area contributed by atoms with Crippen LogP contribution in [0.2, 0.25) is 0 Å². The van der Waals surface area contributed by atoms with Crippen LogP contribution in [0.25, 0.3) is 0 Å². The van der Waals surface area contributed by atoms with E-state index in [0.29, 0.717) is 0 Å². The largest absolute Gasteiger partial charge is 0.356 e. The summed E-state index contributed by atoms with van der Waals surface area (Å²) in [6.45, 7) is 0.00407. The summed E-state index contributed by atoms with van der Waals surface area (Å²) in [6.07, 6.45) is -0.374. The molecule has 0 aromatic rings. The van der Waals surface area contributed by atoms with Gasteiger partial charge < -0.3 is 5.32 Å². The van der Waals surface area contributed by atoms with Crippen LogP contribution in [-0.2, 0) is 25.0 Å². The summed E-state index contributed by atoms with van der Waals surface area (Å²) in [7, 11) is -8.21. The second kappa shape index (κ2) is 6.13. The van der Waals surface area contributed by atoms with Crippen molar-refractivity contribution >= 4 is 26.1 Å². The third-order valence-electron chi connectivity index (χ3n) is 1.49. The fourth-order valence-electron chi connectivity index (χ4n) is 0.792. The standard InChI is InChI=1S/C6H13NO7S2/c8-6(2-5-16(12,13)14)7-3-1-4-15(9,10)11/h1-5H2,(H,7,8)(H,9,10,11)(H,12,13,14). The van der Waals surface area contributed by atoms with Gasteiger partial charge in [-0.3, -0.25) is 13.9 Å². The molecule has 0 bridgehead atoms. The van der Waals surface area contributed by atoms with Crippen LogP contribution in [0, 0.1) is 0 Å². The van der Waals surface area contributed by atoms with E-state index >= 15 is 0 Å². The maximum atomic E-state index is 10.9. The SMILES string of the molecule is O=C(CCS(=O)(=O)O)NCCCS(=O)(=O)O. The van der Waals surface area contributed by atoms with Gasteiger partial charge >= 0.3 is 0 Å². The second-order valence-corrected chi connectivity index (χ2v) is 6.17. The number of hydrogen-bond acceptors (Lipinski definition) is 5. The van der Waals surface area contributed by atoms with E-state index in [1.54, 1.807) is 0 Å². The zero-order valence-corrected chi connectivity index (χ0v) is 9.92. The lowest BCUT2D eigenvalue weighted by molar-refractivity contribution is -0.120. The molecule has 0 saturated heterocycles. The van der Waals surface area contributed by atoms with Crippen molar-refractivity contribution in [3.05, 3.63) is 0 Å². The third-order valence-corrected chi connectivity index (χ3v) is 3.01. The smallest absolute Gasteiger partial charge is 0.265 e. The Kier molecular flexibility index (Phi) is 5.86. The lowest BCUT2D eigenvalue weighted by atomic mass is 10.4. The Labute approximate surface area is 93.5 Å². The van der Waals surface area contributed by atoms with Crippen LogP contribution in [0.5, 0.6) is 0 Å². The van der Waals surface area contributed by atoms with Gasteiger partial charge in [-0.05, 0) is 6.42 Å². The highest BCUT2D eigenvalue weighted by Crippen LogP contribution is 1.90. The molecule has 0 aliphatic heterocycles. The van der Waals surface area contributed by atoms with Gasteiger partial charge in [0.1, 0.15) is 0 Å². The van der Waals surface area contributed by atoms with Gasteiger partial charge in [0, 0.05) is 13.0 Å². The monoisotopic (exact) mass is 275 g/mol. The van der Waals surface area contributed by atoms with Crippen molar-refractivity contribution in [2.24, 2.45) is 0 Å². The number of amides is 1. The average Bonchev–Trinajstić information content (AvgIpc) is 2.06. The Morgan fingerprint density at radius 2 is 1.50 bits per heavy atom. The fourth-order valence-corrected chi connectivity index (χ4v) is 1.74. The predicted molar refractivity (Wildman–Crippen MR) is 55.1 cm³/mol. The molecule has 0 rings (SSSR count). The lowest BCUT2D eigenvalue weighted by Crippen LogP contribution is -2.27. The molecule has 0 aliphatic rings. The van der Waals surface area contributed by atoms with E-state index in [2.05, 4.69) is 5.32 Å². The van der Waals surface area contributed by atoms with E-state index in [1.165, 1.54) is 0 Å². The molecule has 0 unspecified atom stereocenters. The summed E-state index contributed by atoms with van der Waals surface area (Å²) in [5, 5.41) is 2.24. The topological polar surface area (TPSA) is 138 Å². The van der Waals surface area contributed by atoms with Crippen molar-refractivity contribution in [1.29, 1.82) is 0 Å². The van der Waals surface area contributed by atoms with E-state index in [4.69, 9.17) is 9.11 Å². The van der Waals surface area contributed by atoms with E-state index in [1.807, 2.05) is 0 Å². The highest BCUT2D eigenvalue weighted by Gasteiger charge is 2.09. The summed E-state index contributed by atoms with van der Waals surface area (Å²) < 4.78 is 57.7. The van der Waals surface area contributed by atoms with Crippen molar-refractivity contribution < 1.29 is 30.7 Å². The molecule has 16 heavy (non-hydrogen) atoms. The molecule has 0 fully saturated rings. The van der Waals surface area contributed by atoms with Gasteiger partial charge in [-0.2, -0.15) is 16.8 Å². The Bertz CT molecular complexity index is 424. The molecule has 0 spiro atoms. The van der Waals surface area contributed by atoms with Crippen LogP contribution < -0.4 is 5.32 Å². The molecule has 10 heteroatoms. The van der Waals surface area contributed by atoms with Crippen LogP contribution >= 0.6 is 0 Å². The van der Waals surface area contributed by atoms with Gasteiger partial charge in [0.15, 0.2) is 0 Å². The first-order valence-electron chi connectivity index (χ1n) is 4.27. The first kappa shape index (κ1) is 15.3. The number of carbonyl (C=O) groups is 1. The summed E-state index contributed by atoms with van der Waals surface area (Å²) >= 11 is 0. The van der Waals surface area contributed by atoms with Crippen molar-refractivity contribution in [1.82, 2.24) is 5.32 Å². The van der Waals surface area contributed by atoms with Crippen LogP contribution in [0.4, 0.5) is 0 Å². The maximum absolute atomic E-state index is 10.9. The van der Waals surface area contributed by atoms with Crippen LogP contribution in [0.1, 0.15) is 12.8 Å². The molecule has 8 nitrogen and oxygen atoms in total. The van der Waals surface area contributed by atoms with Gasteiger partial charge in [-0.1, -0.05) is 0 Å². The molecule has 0 atom stereocenters. The van der Waals surface area contributed by atoms with E-state index in [9.17, 15) is 21.6 Å². The number of carbonyl (C=O) groups excluding carboxylic acids is 1. The fraction of sp³-hybridized carbons (Fsp3) is 0.833. The van der Waals surface area contributed by atoms with E-state index in [-0.39, 0.29) is 13.0 Å². The Morgan fingerprint density at radius 3 is 1.94 bits per heavy atom. The first-order chi connectivity index (χ1) is 7.10. The molecule has 0 aromatic heterocycles. The van der Waals surface area contributed by atoms with Gasteiger partial charge in [0.2, 0.25) is 5.91 Å². The molecule has 96 valence electrons. The van der Waals surface area contributed by atoms with Gasteiger partial charge in [0.25, 0.3) is 20.2 Å². The van der Waals surface area contributed by atoms with E-state index in [0.717, 1.165) is 0 Å². The highest BCUT2D eigenvalue weighted by molar-refractivity contribution is 7.86. The maximum Gasteiger partial charge on any atom is 0.265 e. The van der Waals surface area contributed by atoms with Crippen molar-refractivity contribution in [2.45, 2.75) is 12.8 Å². The predicted octanol–water partition coefficient (Wildman–Crippen LogP) is -1.34. The minimum atomic E-state index is -4.17. The van der Waals surface area contributed by atoms with Gasteiger partial charge in [0.05, 0.1) is 11.5 Å². The number of rotatable bonds is 7. The molecular weight excluding hydrogens is 262 g/mol. The Hall–Kier alpha value is -0.710. The van der Waals surface area contributed by atoms with Crippen LogP contribution in [0.15, 0.2) is 0 Å². The highest BCUT2D eigenvalue weighted by atomic mass is 32.2. The quantitative estimate of drug-likeness (QED) is 0.386. The summed E-state index contributed by atoms with van der Waals surface area (Å²) in [6, 6.07) is 0. The average molecular weight is 275 g/mol. The summed E-state index contributed by atoms with van der Waals surface area (Å²) in [4.78, 5) is 10.9. The number of hydrogen-bond donors (Lipinski definition) is 3. The Balaban J connectivity index is 3.68. The normalized spacial score (nSPS) is 12.4. The van der Waals surface area contributed by atoms with E-state index < -0.39 is 44.1 Å².